The van der Waals surface area contributed by atoms with Crippen LogP contribution in [0.3, 0.4) is 0 Å². The number of hydrogen-bond donors (Lipinski definition) is 1. The predicted molar refractivity (Wildman–Crippen MR) is 68.3 cm³/mol. The molecule has 1 aliphatic rings. The van der Waals surface area contributed by atoms with Crippen molar-refractivity contribution in [2.24, 2.45) is 0 Å². The van der Waals surface area contributed by atoms with Gasteiger partial charge in [-0.1, -0.05) is 24.9 Å². The summed E-state index contributed by atoms with van der Waals surface area (Å²) in [6, 6.07) is 2.19. The van der Waals surface area contributed by atoms with E-state index in [4.69, 9.17) is 17.3 Å². The minimum Gasteiger partial charge on any atom is -0.367 e. The molecule has 5 nitrogen and oxygen atoms in total. The third-order valence-corrected chi connectivity index (χ3v) is 4.17. The van der Waals surface area contributed by atoms with Gasteiger partial charge in [0.05, 0.1) is 22.5 Å². The zero-order valence-electron chi connectivity index (χ0n) is 9.94. The molecule has 0 aliphatic heterocycles. The molecule has 1 saturated carbocycles. The molecule has 0 radical (unpaired) electrons. The first-order valence-electron chi connectivity index (χ1n) is 5.80. The third kappa shape index (κ3) is 1.33. The molecule has 2 aromatic rings. The van der Waals surface area contributed by atoms with Crippen LogP contribution in [-0.2, 0) is 5.41 Å². The monoisotopic (exact) mass is 261 g/mol. The minimum atomic E-state index is -0.0398. The second-order valence-corrected chi connectivity index (χ2v) is 5.36. The lowest BCUT2D eigenvalue weighted by Gasteiger charge is -2.38. The summed E-state index contributed by atoms with van der Waals surface area (Å²) in [5.41, 5.74) is 7.60. The number of anilines is 1. The quantitative estimate of drug-likeness (QED) is 0.854. The van der Waals surface area contributed by atoms with Crippen molar-refractivity contribution in [3.8, 4) is 6.07 Å². The van der Waals surface area contributed by atoms with Crippen LogP contribution < -0.4 is 5.73 Å². The van der Waals surface area contributed by atoms with E-state index in [1.54, 1.807) is 10.7 Å². The number of fused-ring (bicyclic) bond motifs is 1. The molecular weight excluding hydrogens is 250 g/mol. The summed E-state index contributed by atoms with van der Waals surface area (Å²) in [7, 11) is 0. The highest BCUT2D eigenvalue weighted by molar-refractivity contribution is 6.35. The molecule has 0 aromatic carbocycles. The first-order chi connectivity index (χ1) is 8.57. The van der Waals surface area contributed by atoms with Crippen LogP contribution in [0.5, 0.6) is 0 Å². The number of nitrogens with two attached hydrogens (primary N) is 1. The first kappa shape index (κ1) is 11.3. The summed E-state index contributed by atoms with van der Waals surface area (Å²) in [6.07, 6.45) is 4.80. The summed E-state index contributed by atoms with van der Waals surface area (Å²) in [6.45, 7) is 2.13. The third-order valence-electron chi connectivity index (χ3n) is 3.78. The molecule has 92 valence electrons. The van der Waals surface area contributed by atoms with Crippen LogP contribution in [-0.4, -0.2) is 14.6 Å². The summed E-state index contributed by atoms with van der Waals surface area (Å²) >= 11 is 6.24. The van der Waals surface area contributed by atoms with Crippen LogP contribution in [0.4, 0.5) is 5.95 Å². The van der Waals surface area contributed by atoms with E-state index in [9.17, 15) is 5.26 Å². The zero-order chi connectivity index (χ0) is 12.9. The number of hydrogen-bond acceptors (Lipinski definition) is 4. The van der Waals surface area contributed by atoms with Gasteiger partial charge in [-0.25, -0.2) is 9.50 Å². The highest BCUT2D eigenvalue weighted by atomic mass is 35.5. The fourth-order valence-corrected chi connectivity index (χ4v) is 2.89. The van der Waals surface area contributed by atoms with Gasteiger partial charge in [0.15, 0.2) is 0 Å². The molecule has 3 rings (SSSR count). The molecule has 0 saturated heterocycles. The zero-order valence-corrected chi connectivity index (χ0v) is 10.7. The van der Waals surface area contributed by atoms with Gasteiger partial charge in [-0.3, -0.25) is 0 Å². The van der Waals surface area contributed by atoms with Crippen molar-refractivity contribution >= 4 is 23.1 Å². The van der Waals surface area contributed by atoms with Gasteiger partial charge in [-0.15, -0.1) is 5.10 Å². The summed E-state index contributed by atoms with van der Waals surface area (Å²) in [5, 5.41) is 13.9. The van der Waals surface area contributed by atoms with E-state index in [1.807, 2.05) is 0 Å². The lowest BCUT2D eigenvalue weighted by molar-refractivity contribution is 0.260. The molecule has 18 heavy (non-hydrogen) atoms. The number of halogens is 1. The van der Waals surface area contributed by atoms with Gasteiger partial charge in [0.2, 0.25) is 5.95 Å². The minimum absolute atomic E-state index is 0.0398. The van der Waals surface area contributed by atoms with Gasteiger partial charge in [0.25, 0.3) is 0 Å². The smallest absolute Gasteiger partial charge is 0.238 e. The number of nitrogen functional groups attached to an aromatic ring is 1. The average molecular weight is 262 g/mol. The first-order valence-corrected chi connectivity index (χ1v) is 6.18. The fraction of sp³-hybridized carbons (Fsp3) is 0.417. The van der Waals surface area contributed by atoms with Crippen molar-refractivity contribution < 1.29 is 0 Å². The summed E-state index contributed by atoms with van der Waals surface area (Å²) < 4.78 is 1.68. The SMILES string of the molecule is CC1(c2c(C#N)c(Cl)c3cnc(N)nn23)CCC1. The maximum atomic E-state index is 9.33. The number of rotatable bonds is 1. The van der Waals surface area contributed by atoms with E-state index in [-0.39, 0.29) is 11.4 Å². The molecule has 6 heteroatoms. The maximum absolute atomic E-state index is 9.33. The standard InChI is InChI=1S/C12H12ClN5/c1-12(3-2-4-12)10-7(5-14)9(13)8-6-16-11(15)17-18(8)10/h6H,2-4H2,1H3,(H2,15,17). The van der Waals surface area contributed by atoms with Gasteiger partial charge < -0.3 is 5.73 Å². The predicted octanol–water partition coefficient (Wildman–Crippen LogP) is 2.28. The van der Waals surface area contributed by atoms with Crippen molar-refractivity contribution in [2.75, 3.05) is 5.73 Å². The van der Waals surface area contributed by atoms with Crippen molar-refractivity contribution in [2.45, 2.75) is 31.6 Å². The Morgan fingerprint density at radius 3 is 2.83 bits per heavy atom. The second-order valence-electron chi connectivity index (χ2n) is 4.98. The molecule has 2 heterocycles. The number of nitrogens with zero attached hydrogens (tertiary/aromatic N) is 4. The molecule has 0 unspecified atom stereocenters. The molecule has 0 spiro atoms. The van der Waals surface area contributed by atoms with Crippen molar-refractivity contribution in [3.63, 3.8) is 0 Å². The lowest BCUT2D eigenvalue weighted by Crippen LogP contribution is -2.33. The van der Waals surface area contributed by atoms with Gasteiger partial charge in [-0.05, 0) is 12.8 Å². The van der Waals surface area contributed by atoms with Crippen molar-refractivity contribution in [1.82, 2.24) is 14.6 Å². The molecule has 0 atom stereocenters. The van der Waals surface area contributed by atoms with Crippen LogP contribution in [0.2, 0.25) is 5.02 Å². The van der Waals surface area contributed by atoms with Gasteiger partial charge in [0.1, 0.15) is 11.6 Å². The highest BCUT2D eigenvalue weighted by Crippen LogP contribution is 2.46. The van der Waals surface area contributed by atoms with Crippen LogP contribution in [0.15, 0.2) is 6.20 Å². The Bertz CT molecular complexity index is 678. The fourth-order valence-electron chi connectivity index (χ4n) is 2.63. The molecule has 2 aromatic heterocycles. The number of nitriles is 1. The summed E-state index contributed by atoms with van der Waals surface area (Å²) in [5.74, 6) is 0.183. The Kier molecular flexibility index (Phi) is 2.26. The molecular formula is C12H12ClN5. The molecule has 0 bridgehead atoms. The second kappa shape index (κ2) is 3.59. The largest absolute Gasteiger partial charge is 0.367 e. The van der Waals surface area contributed by atoms with Crippen LogP contribution >= 0.6 is 11.6 Å². The van der Waals surface area contributed by atoms with E-state index in [2.05, 4.69) is 23.1 Å². The Labute approximate surface area is 109 Å². The maximum Gasteiger partial charge on any atom is 0.238 e. The number of aromatic nitrogens is 3. The van der Waals surface area contributed by atoms with Crippen molar-refractivity contribution in [1.29, 1.82) is 5.26 Å². The van der Waals surface area contributed by atoms with E-state index in [0.717, 1.165) is 25.0 Å². The lowest BCUT2D eigenvalue weighted by atomic mass is 9.67. The highest BCUT2D eigenvalue weighted by Gasteiger charge is 2.40. The van der Waals surface area contributed by atoms with E-state index >= 15 is 0 Å². The molecule has 2 N–H and O–H groups in total. The topological polar surface area (TPSA) is 80.0 Å². The van der Waals surface area contributed by atoms with Gasteiger partial charge in [0, 0.05) is 5.41 Å². The summed E-state index contributed by atoms with van der Waals surface area (Å²) in [4.78, 5) is 3.93. The van der Waals surface area contributed by atoms with E-state index in [0.29, 0.717) is 16.1 Å². The Balaban J connectivity index is 2.41. The van der Waals surface area contributed by atoms with E-state index < -0.39 is 0 Å². The van der Waals surface area contributed by atoms with Crippen LogP contribution in [0.25, 0.3) is 5.52 Å². The Morgan fingerprint density at radius 1 is 1.56 bits per heavy atom. The van der Waals surface area contributed by atoms with Gasteiger partial charge >= 0.3 is 0 Å². The molecule has 1 aliphatic carbocycles. The average Bonchev–Trinajstić information content (AvgIpc) is 2.59. The van der Waals surface area contributed by atoms with Crippen LogP contribution in [0, 0.1) is 11.3 Å². The Morgan fingerprint density at radius 2 is 2.28 bits per heavy atom. The van der Waals surface area contributed by atoms with Crippen LogP contribution in [0.1, 0.15) is 37.4 Å². The Hall–Kier alpha value is -1.80. The molecule has 0 amide bonds. The molecule has 1 fully saturated rings. The normalized spacial score (nSPS) is 17.4. The van der Waals surface area contributed by atoms with Gasteiger partial charge in [-0.2, -0.15) is 5.26 Å². The van der Waals surface area contributed by atoms with Crippen molar-refractivity contribution in [3.05, 3.63) is 22.5 Å². The van der Waals surface area contributed by atoms with E-state index in [1.165, 1.54) is 0 Å².